The standard InChI is InChI=1S/C10H9F3.2C2H6/c1-2-3-8-4-6-9(7-5-8)10(11,12)13;2*1-2/h2-7H,1H3;2*1-2H3/b3-2-;;. The number of halogens is 3. The van der Waals surface area contributed by atoms with E-state index in [0.717, 1.165) is 17.7 Å². The maximum Gasteiger partial charge on any atom is 0.416 e. The smallest absolute Gasteiger partial charge is 0.166 e. The minimum absolute atomic E-state index is 0.610. The van der Waals surface area contributed by atoms with Gasteiger partial charge < -0.3 is 0 Å². The highest BCUT2D eigenvalue weighted by Crippen LogP contribution is 2.29. The zero-order valence-corrected chi connectivity index (χ0v) is 11.1. The molecule has 0 radical (unpaired) electrons. The Labute approximate surface area is 102 Å². The average Bonchev–Trinajstić information content (AvgIpc) is 2.34. The van der Waals surface area contributed by atoms with E-state index in [1.165, 1.54) is 12.1 Å². The summed E-state index contributed by atoms with van der Waals surface area (Å²) in [5.41, 5.74) is 0.163. The fourth-order valence-electron chi connectivity index (χ4n) is 0.976. The molecule has 3 heteroatoms. The maximum absolute atomic E-state index is 12.1. The van der Waals surface area contributed by atoms with E-state index in [-0.39, 0.29) is 0 Å². The highest BCUT2D eigenvalue weighted by Gasteiger charge is 2.29. The zero-order chi connectivity index (χ0) is 13.9. The third-order valence-corrected chi connectivity index (χ3v) is 1.60. The lowest BCUT2D eigenvalue weighted by Gasteiger charge is -2.05. The van der Waals surface area contributed by atoms with Crippen LogP contribution in [0.15, 0.2) is 30.3 Å². The van der Waals surface area contributed by atoms with E-state index >= 15 is 0 Å². The van der Waals surface area contributed by atoms with Crippen LogP contribution < -0.4 is 0 Å². The van der Waals surface area contributed by atoms with Crippen LogP contribution in [0.1, 0.15) is 45.7 Å². The molecule has 0 N–H and O–H groups in total. The molecule has 0 aromatic heterocycles. The third-order valence-electron chi connectivity index (χ3n) is 1.60. The molecule has 17 heavy (non-hydrogen) atoms. The Morgan fingerprint density at radius 3 is 1.59 bits per heavy atom. The van der Waals surface area contributed by atoms with Crippen molar-refractivity contribution < 1.29 is 13.2 Å². The number of rotatable bonds is 1. The normalized spacial score (nSPS) is 10.1. The molecular weight excluding hydrogens is 225 g/mol. The lowest BCUT2D eigenvalue weighted by atomic mass is 10.1. The van der Waals surface area contributed by atoms with E-state index in [2.05, 4.69) is 0 Å². The number of hydrogen-bond acceptors (Lipinski definition) is 0. The Kier molecular flexibility index (Phi) is 10.6. The quantitative estimate of drug-likeness (QED) is 0.588. The van der Waals surface area contributed by atoms with Gasteiger partial charge in [0.2, 0.25) is 0 Å². The second-order valence-electron chi connectivity index (χ2n) is 2.62. The van der Waals surface area contributed by atoms with Crippen LogP contribution >= 0.6 is 0 Å². The predicted octanol–water partition coefficient (Wildman–Crippen LogP) is 5.79. The third kappa shape index (κ3) is 7.61. The highest BCUT2D eigenvalue weighted by atomic mass is 19.4. The summed E-state index contributed by atoms with van der Waals surface area (Å²) >= 11 is 0. The van der Waals surface area contributed by atoms with Gasteiger partial charge in [-0.25, -0.2) is 0 Å². The van der Waals surface area contributed by atoms with E-state index in [1.807, 2.05) is 34.6 Å². The fourth-order valence-corrected chi connectivity index (χ4v) is 0.976. The molecule has 0 bridgehead atoms. The topological polar surface area (TPSA) is 0 Å². The van der Waals surface area contributed by atoms with Crippen LogP contribution in [0.4, 0.5) is 13.2 Å². The Balaban J connectivity index is 0. The number of hydrogen-bond donors (Lipinski definition) is 0. The summed E-state index contributed by atoms with van der Waals surface area (Å²) in [5.74, 6) is 0. The van der Waals surface area contributed by atoms with Gasteiger partial charge in [0.25, 0.3) is 0 Å². The lowest BCUT2D eigenvalue weighted by molar-refractivity contribution is -0.137. The van der Waals surface area contributed by atoms with Gasteiger partial charge in [-0.1, -0.05) is 52.0 Å². The van der Waals surface area contributed by atoms with Crippen molar-refractivity contribution in [2.75, 3.05) is 0 Å². The van der Waals surface area contributed by atoms with Gasteiger partial charge in [-0.05, 0) is 24.6 Å². The minimum atomic E-state index is -4.24. The van der Waals surface area contributed by atoms with Crippen LogP contribution in [0.5, 0.6) is 0 Å². The second-order valence-corrected chi connectivity index (χ2v) is 2.62. The first-order valence-electron chi connectivity index (χ1n) is 5.84. The number of alkyl halides is 3. The van der Waals surface area contributed by atoms with Crippen LogP contribution in [0.2, 0.25) is 0 Å². The van der Waals surface area contributed by atoms with Crippen molar-refractivity contribution in [1.82, 2.24) is 0 Å². The molecule has 0 unspecified atom stereocenters. The van der Waals surface area contributed by atoms with Crippen LogP contribution in [0, 0.1) is 0 Å². The average molecular weight is 246 g/mol. The van der Waals surface area contributed by atoms with E-state index in [0.29, 0.717) is 0 Å². The fraction of sp³-hybridized carbons (Fsp3) is 0.429. The monoisotopic (exact) mass is 246 g/mol. The van der Waals surface area contributed by atoms with Crippen molar-refractivity contribution in [3.8, 4) is 0 Å². The SMILES string of the molecule is C/C=C\c1ccc(C(F)(F)F)cc1.CC.CC. The van der Waals surface area contributed by atoms with Gasteiger partial charge in [-0.15, -0.1) is 0 Å². The van der Waals surface area contributed by atoms with Crippen molar-refractivity contribution in [3.63, 3.8) is 0 Å². The Morgan fingerprint density at radius 2 is 1.29 bits per heavy atom. The molecule has 1 aromatic carbocycles. The molecule has 0 spiro atoms. The maximum atomic E-state index is 12.1. The van der Waals surface area contributed by atoms with Gasteiger partial charge in [0.05, 0.1) is 5.56 Å². The van der Waals surface area contributed by atoms with Gasteiger partial charge in [0.1, 0.15) is 0 Å². The van der Waals surface area contributed by atoms with Crippen molar-refractivity contribution >= 4 is 6.08 Å². The molecule has 0 aliphatic heterocycles. The molecule has 1 aromatic rings. The summed E-state index contributed by atoms with van der Waals surface area (Å²) in [5, 5.41) is 0. The molecule has 0 saturated heterocycles. The lowest BCUT2D eigenvalue weighted by Crippen LogP contribution is -2.03. The highest BCUT2D eigenvalue weighted by molar-refractivity contribution is 5.49. The zero-order valence-electron chi connectivity index (χ0n) is 11.1. The number of allylic oxidation sites excluding steroid dienone is 1. The van der Waals surface area contributed by atoms with Crippen molar-refractivity contribution in [2.24, 2.45) is 0 Å². The summed E-state index contributed by atoms with van der Waals surface area (Å²) < 4.78 is 36.3. The molecule has 0 nitrogen and oxygen atoms in total. The summed E-state index contributed by atoms with van der Waals surface area (Å²) in [7, 11) is 0. The van der Waals surface area contributed by atoms with E-state index < -0.39 is 11.7 Å². The number of benzene rings is 1. The van der Waals surface area contributed by atoms with Crippen molar-refractivity contribution in [1.29, 1.82) is 0 Å². The van der Waals surface area contributed by atoms with Gasteiger partial charge >= 0.3 is 6.18 Å². The van der Waals surface area contributed by atoms with Gasteiger partial charge in [-0.3, -0.25) is 0 Å². The summed E-state index contributed by atoms with van der Waals surface area (Å²) in [6.07, 6.45) is -0.711. The van der Waals surface area contributed by atoms with E-state index in [1.54, 1.807) is 12.2 Å². The van der Waals surface area contributed by atoms with Crippen molar-refractivity contribution in [2.45, 2.75) is 40.8 Å². The molecule has 0 heterocycles. The second kappa shape index (κ2) is 9.94. The molecular formula is C14H21F3. The minimum Gasteiger partial charge on any atom is -0.166 e. The Bertz CT molecular complexity index is 294. The largest absolute Gasteiger partial charge is 0.416 e. The van der Waals surface area contributed by atoms with E-state index in [9.17, 15) is 13.2 Å². The molecule has 0 saturated carbocycles. The molecule has 98 valence electrons. The Hall–Kier alpha value is -1.25. The predicted molar refractivity (Wildman–Crippen MR) is 68.8 cm³/mol. The Morgan fingerprint density at radius 1 is 0.882 bits per heavy atom. The van der Waals surface area contributed by atoms with Crippen LogP contribution in [-0.4, -0.2) is 0 Å². The van der Waals surface area contributed by atoms with E-state index in [4.69, 9.17) is 0 Å². The first-order chi connectivity index (χ1) is 8.04. The molecule has 0 aliphatic carbocycles. The van der Waals surface area contributed by atoms with Crippen LogP contribution in [-0.2, 0) is 6.18 Å². The van der Waals surface area contributed by atoms with Crippen molar-refractivity contribution in [3.05, 3.63) is 41.5 Å². The summed E-state index contributed by atoms with van der Waals surface area (Å²) in [6.45, 7) is 9.82. The first kappa shape index (κ1) is 18.1. The van der Waals surface area contributed by atoms with Crippen LogP contribution in [0.25, 0.3) is 6.08 Å². The van der Waals surface area contributed by atoms with Gasteiger partial charge in [0, 0.05) is 0 Å². The molecule has 0 atom stereocenters. The first-order valence-corrected chi connectivity index (χ1v) is 5.84. The molecule has 0 fully saturated rings. The summed E-state index contributed by atoms with van der Waals surface area (Å²) in [6, 6.07) is 5.05. The molecule has 0 aliphatic rings. The van der Waals surface area contributed by atoms with Gasteiger partial charge in [-0.2, -0.15) is 13.2 Å². The summed E-state index contributed by atoms with van der Waals surface area (Å²) in [4.78, 5) is 0. The van der Waals surface area contributed by atoms with Gasteiger partial charge in [0.15, 0.2) is 0 Å². The van der Waals surface area contributed by atoms with Crippen LogP contribution in [0.3, 0.4) is 0 Å². The molecule has 0 amide bonds. The molecule has 1 rings (SSSR count).